The summed E-state index contributed by atoms with van der Waals surface area (Å²) in [7, 11) is 0. The van der Waals surface area contributed by atoms with Gasteiger partial charge >= 0.3 is 12.3 Å². The van der Waals surface area contributed by atoms with Crippen LogP contribution in [0.15, 0.2) is 0 Å². The molecule has 2 atom stereocenters. The normalized spacial score (nSPS) is 13.3. The van der Waals surface area contributed by atoms with Gasteiger partial charge in [-0.25, -0.2) is 9.59 Å². The number of rotatable bonds is 8. The zero-order valence-electron chi connectivity index (χ0n) is 11.0. The highest BCUT2D eigenvalue weighted by molar-refractivity contribution is 5.60. The van der Waals surface area contributed by atoms with Crippen LogP contribution in [0.4, 0.5) is 9.59 Å². The summed E-state index contributed by atoms with van der Waals surface area (Å²) < 4.78 is 18.3. The average Bonchev–Trinajstić information content (AvgIpc) is 2.33. The summed E-state index contributed by atoms with van der Waals surface area (Å²) in [6.07, 6.45) is -3.00. The Labute approximate surface area is 111 Å². The number of carbonyl (C=O) groups is 2. The fourth-order valence-electron chi connectivity index (χ4n) is 0.831. The van der Waals surface area contributed by atoms with Crippen molar-refractivity contribution in [3.8, 4) is 0 Å². The van der Waals surface area contributed by atoms with Gasteiger partial charge in [-0.05, 0) is 13.8 Å². The van der Waals surface area contributed by atoms with Gasteiger partial charge in [0.05, 0.1) is 25.4 Å². The minimum atomic E-state index is -0.891. The minimum Gasteiger partial charge on any atom is -0.434 e. The molecule has 0 aliphatic heterocycles. The Kier molecular flexibility index (Phi) is 9.55. The topological polar surface area (TPSA) is 112 Å². The van der Waals surface area contributed by atoms with Crippen molar-refractivity contribution in [3.63, 3.8) is 0 Å². The largest absolute Gasteiger partial charge is 0.508 e. The molecule has 0 rings (SSSR count). The Morgan fingerprint density at radius 2 is 1.21 bits per heavy atom. The van der Waals surface area contributed by atoms with Crippen LogP contribution in [-0.2, 0) is 18.9 Å². The first-order valence-electron chi connectivity index (χ1n) is 5.87. The Bertz CT molecular complexity index is 237. The van der Waals surface area contributed by atoms with Gasteiger partial charge in [-0.15, -0.1) is 0 Å². The molecule has 0 fully saturated rings. The molecule has 0 aromatic rings. The minimum absolute atomic E-state index is 0.0162. The van der Waals surface area contributed by atoms with Crippen LogP contribution < -0.4 is 0 Å². The molecule has 0 radical (unpaired) electrons. The third kappa shape index (κ3) is 12.7. The first-order valence-corrected chi connectivity index (χ1v) is 5.87. The van der Waals surface area contributed by atoms with Crippen LogP contribution in [0, 0.1) is 0 Å². The van der Waals surface area contributed by atoms with E-state index >= 15 is 0 Å². The van der Waals surface area contributed by atoms with E-state index in [1.54, 1.807) is 0 Å². The van der Waals surface area contributed by atoms with Gasteiger partial charge in [-0.3, -0.25) is 0 Å². The molecule has 0 aliphatic rings. The van der Waals surface area contributed by atoms with Crippen molar-refractivity contribution in [3.05, 3.63) is 0 Å². The first-order chi connectivity index (χ1) is 8.91. The fourth-order valence-corrected chi connectivity index (χ4v) is 0.831. The van der Waals surface area contributed by atoms with Gasteiger partial charge in [0.1, 0.15) is 13.2 Å². The summed E-state index contributed by atoms with van der Waals surface area (Å²) in [5.41, 5.74) is 0. The van der Waals surface area contributed by atoms with E-state index in [4.69, 9.17) is 10.2 Å². The highest BCUT2D eigenvalue weighted by Gasteiger charge is 2.08. The van der Waals surface area contributed by atoms with E-state index < -0.39 is 24.5 Å². The van der Waals surface area contributed by atoms with Crippen molar-refractivity contribution in [1.29, 1.82) is 0 Å². The molecular weight excluding hydrogens is 260 g/mol. The van der Waals surface area contributed by atoms with Gasteiger partial charge in [0.2, 0.25) is 0 Å². The summed E-state index contributed by atoms with van der Waals surface area (Å²) in [6.45, 7) is 2.70. The van der Waals surface area contributed by atoms with Gasteiger partial charge in [0.15, 0.2) is 0 Å². The Morgan fingerprint density at radius 1 is 0.842 bits per heavy atom. The molecule has 0 aliphatic carbocycles. The molecule has 112 valence electrons. The van der Waals surface area contributed by atoms with Crippen molar-refractivity contribution in [2.24, 2.45) is 0 Å². The fraction of sp³-hybridized carbons (Fsp3) is 0.818. The average molecular weight is 280 g/mol. The molecule has 8 nitrogen and oxygen atoms in total. The lowest BCUT2D eigenvalue weighted by atomic mass is 10.4. The molecule has 8 heteroatoms. The van der Waals surface area contributed by atoms with E-state index in [0.717, 1.165) is 0 Å². The van der Waals surface area contributed by atoms with Crippen LogP contribution in [0.25, 0.3) is 0 Å². The highest BCUT2D eigenvalue weighted by Crippen LogP contribution is 1.94. The van der Waals surface area contributed by atoms with Gasteiger partial charge in [-0.1, -0.05) is 0 Å². The zero-order chi connectivity index (χ0) is 14.7. The van der Waals surface area contributed by atoms with Gasteiger partial charge in [0, 0.05) is 6.42 Å². The second-order valence-corrected chi connectivity index (χ2v) is 3.87. The van der Waals surface area contributed by atoms with E-state index in [1.807, 2.05) is 0 Å². The SMILES string of the molecule is CC(O)COC(=O)OCCCOC(=O)OCC(C)O. The molecule has 0 saturated carbocycles. The summed E-state index contributed by atoms with van der Waals surface area (Å²) in [5.74, 6) is 0. The lowest BCUT2D eigenvalue weighted by molar-refractivity contribution is 0.0110. The Morgan fingerprint density at radius 3 is 1.53 bits per heavy atom. The van der Waals surface area contributed by atoms with Crippen molar-refractivity contribution in [2.45, 2.75) is 32.5 Å². The van der Waals surface area contributed by atoms with Gasteiger partial charge in [0.25, 0.3) is 0 Å². The van der Waals surface area contributed by atoms with Crippen LogP contribution in [-0.4, -0.2) is 61.2 Å². The maximum Gasteiger partial charge on any atom is 0.508 e. The number of hydrogen-bond acceptors (Lipinski definition) is 8. The number of aliphatic hydroxyl groups excluding tert-OH is 2. The molecule has 2 unspecified atom stereocenters. The smallest absolute Gasteiger partial charge is 0.434 e. The first kappa shape index (κ1) is 17.5. The van der Waals surface area contributed by atoms with Crippen molar-refractivity contribution >= 4 is 12.3 Å². The van der Waals surface area contributed by atoms with E-state index in [0.29, 0.717) is 0 Å². The summed E-state index contributed by atoms with van der Waals surface area (Å²) >= 11 is 0. The number of hydrogen-bond donors (Lipinski definition) is 2. The summed E-state index contributed by atoms with van der Waals surface area (Å²) in [5, 5.41) is 17.7. The van der Waals surface area contributed by atoms with Crippen LogP contribution in [0.2, 0.25) is 0 Å². The van der Waals surface area contributed by atoms with Crippen LogP contribution in [0.5, 0.6) is 0 Å². The molecule has 0 spiro atoms. The second kappa shape index (κ2) is 10.4. The standard InChI is InChI=1S/C11H20O8/c1-8(12)6-18-10(14)16-4-3-5-17-11(15)19-7-9(2)13/h8-9,12-13H,3-7H2,1-2H3. The van der Waals surface area contributed by atoms with E-state index in [1.165, 1.54) is 13.8 Å². The molecule has 0 amide bonds. The monoisotopic (exact) mass is 280 g/mol. The van der Waals surface area contributed by atoms with Gasteiger partial charge in [-0.2, -0.15) is 0 Å². The lowest BCUT2D eigenvalue weighted by Gasteiger charge is -2.08. The zero-order valence-corrected chi connectivity index (χ0v) is 11.0. The van der Waals surface area contributed by atoms with E-state index in [2.05, 4.69) is 18.9 Å². The molecule has 19 heavy (non-hydrogen) atoms. The lowest BCUT2D eigenvalue weighted by Crippen LogP contribution is -2.18. The predicted octanol–water partition coefficient (Wildman–Crippen LogP) is 0.444. The van der Waals surface area contributed by atoms with E-state index in [-0.39, 0.29) is 32.8 Å². The number of aliphatic hydroxyl groups is 2. The Balaban J connectivity index is 3.39. The highest BCUT2D eigenvalue weighted by atomic mass is 16.7. The molecule has 2 N–H and O–H groups in total. The van der Waals surface area contributed by atoms with Gasteiger partial charge < -0.3 is 29.2 Å². The second-order valence-electron chi connectivity index (χ2n) is 3.87. The van der Waals surface area contributed by atoms with Crippen LogP contribution >= 0.6 is 0 Å². The maximum atomic E-state index is 10.9. The van der Waals surface area contributed by atoms with Crippen LogP contribution in [0.3, 0.4) is 0 Å². The quantitative estimate of drug-likeness (QED) is 0.486. The van der Waals surface area contributed by atoms with Crippen molar-refractivity contribution < 1.29 is 38.7 Å². The van der Waals surface area contributed by atoms with Crippen LogP contribution in [0.1, 0.15) is 20.3 Å². The van der Waals surface area contributed by atoms with Crippen molar-refractivity contribution in [1.82, 2.24) is 0 Å². The number of ether oxygens (including phenoxy) is 4. The molecule has 0 bridgehead atoms. The maximum absolute atomic E-state index is 10.9. The van der Waals surface area contributed by atoms with E-state index in [9.17, 15) is 9.59 Å². The summed E-state index contributed by atoms with van der Waals surface area (Å²) in [6, 6.07) is 0. The third-order valence-electron chi connectivity index (χ3n) is 1.61. The molecule has 0 heterocycles. The molecular formula is C11H20O8. The predicted molar refractivity (Wildman–Crippen MR) is 62.6 cm³/mol. The molecule has 0 aromatic heterocycles. The molecule has 0 aromatic carbocycles. The van der Waals surface area contributed by atoms with Crippen molar-refractivity contribution in [2.75, 3.05) is 26.4 Å². The third-order valence-corrected chi connectivity index (χ3v) is 1.61. The summed E-state index contributed by atoms with van der Waals surface area (Å²) in [4.78, 5) is 21.8. The number of carbonyl (C=O) groups excluding carboxylic acids is 2. The Hall–Kier alpha value is -1.54. The molecule has 0 saturated heterocycles.